The molecule has 1 aliphatic carbocycles. The molecule has 0 saturated heterocycles. The van der Waals surface area contributed by atoms with E-state index in [0.717, 1.165) is 24.5 Å². The van der Waals surface area contributed by atoms with Gasteiger partial charge in [-0.1, -0.05) is 37.6 Å². The largest absolute Gasteiger partial charge is 0.301 e. The topological polar surface area (TPSA) is 3.24 Å². The fourth-order valence-corrected chi connectivity index (χ4v) is 3.05. The second-order valence-corrected chi connectivity index (χ2v) is 4.90. The minimum absolute atomic E-state index is 0.683. The number of nitrogens with zero attached hydrogens (tertiary/aromatic N) is 1. The van der Waals surface area contributed by atoms with Crippen LogP contribution in [0.3, 0.4) is 0 Å². The Labute approximate surface area is 103 Å². The molecule has 1 aliphatic rings. The van der Waals surface area contributed by atoms with Crippen molar-refractivity contribution in [2.75, 3.05) is 13.1 Å². The average molecular weight is 238 g/mol. The van der Waals surface area contributed by atoms with E-state index >= 15 is 0 Å². The molecule has 88 valence electrons. The third-order valence-electron chi connectivity index (χ3n) is 3.73. The predicted octanol–water partition coefficient (Wildman–Crippen LogP) is 3.54. The van der Waals surface area contributed by atoms with Crippen LogP contribution in [0.4, 0.5) is 0 Å². The molecule has 2 heteroatoms. The third-order valence-corrected chi connectivity index (χ3v) is 4.09. The number of benzene rings is 1. The van der Waals surface area contributed by atoms with Gasteiger partial charge in [-0.15, -0.1) is 0 Å². The SMILES string of the molecule is CCN(CC)C1CCc2cccc(Cl)c2C1. The molecule has 1 aromatic carbocycles. The van der Waals surface area contributed by atoms with E-state index in [2.05, 4.69) is 30.9 Å². The zero-order valence-corrected chi connectivity index (χ0v) is 10.9. The van der Waals surface area contributed by atoms with E-state index in [1.165, 1.54) is 24.0 Å². The summed E-state index contributed by atoms with van der Waals surface area (Å²) < 4.78 is 0. The van der Waals surface area contributed by atoms with Crippen molar-refractivity contribution in [2.24, 2.45) is 0 Å². The van der Waals surface area contributed by atoms with Gasteiger partial charge < -0.3 is 4.90 Å². The van der Waals surface area contributed by atoms with Gasteiger partial charge in [-0.3, -0.25) is 0 Å². The van der Waals surface area contributed by atoms with Crippen molar-refractivity contribution >= 4 is 11.6 Å². The molecule has 0 amide bonds. The summed E-state index contributed by atoms with van der Waals surface area (Å²) >= 11 is 6.28. The van der Waals surface area contributed by atoms with Crippen molar-refractivity contribution in [1.29, 1.82) is 0 Å². The van der Waals surface area contributed by atoms with Gasteiger partial charge in [-0.25, -0.2) is 0 Å². The zero-order valence-electron chi connectivity index (χ0n) is 10.2. The highest BCUT2D eigenvalue weighted by molar-refractivity contribution is 6.31. The number of likely N-dealkylation sites (N-methyl/N-ethyl adjacent to an activating group) is 1. The summed E-state index contributed by atoms with van der Waals surface area (Å²) in [6.07, 6.45) is 3.57. The number of aryl methyl sites for hydroxylation is 1. The zero-order chi connectivity index (χ0) is 11.5. The van der Waals surface area contributed by atoms with Crippen molar-refractivity contribution in [3.05, 3.63) is 34.3 Å². The molecule has 0 N–H and O–H groups in total. The lowest BCUT2D eigenvalue weighted by Crippen LogP contribution is -2.39. The maximum Gasteiger partial charge on any atom is 0.0441 e. The summed E-state index contributed by atoms with van der Waals surface area (Å²) in [5, 5.41) is 0.953. The first kappa shape index (κ1) is 11.9. The second kappa shape index (κ2) is 5.20. The normalized spacial score (nSPS) is 19.9. The Bertz CT molecular complexity index is 358. The van der Waals surface area contributed by atoms with E-state index in [9.17, 15) is 0 Å². The van der Waals surface area contributed by atoms with Crippen LogP contribution >= 0.6 is 11.6 Å². The molecule has 16 heavy (non-hydrogen) atoms. The molecule has 0 spiro atoms. The molecule has 1 aromatic rings. The van der Waals surface area contributed by atoms with Gasteiger partial charge >= 0.3 is 0 Å². The van der Waals surface area contributed by atoms with Crippen LogP contribution in [-0.2, 0) is 12.8 Å². The number of hydrogen-bond acceptors (Lipinski definition) is 1. The van der Waals surface area contributed by atoms with E-state index in [4.69, 9.17) is 11.6 Å². The Morgan fingerprint density at radius 3 is 2.75 bits per heavy atom. The Morgan fingerprint density at radius 1 is 1.31 bits per heavy atom. The van der Waals surface area contributed by atoms with Crippen LogP contribution in [0, 0.1) is 0 Å². The van der Waals surface area contributed by atoms with E-state index < -0.39 is 0 Å². The quantitative estimate of drug-likeness (QED) is 0.778. The Balaban J connectivity index is 2.19. The molecule has 1 atom stereocenters. The van der Waals surface area contributed by atoms with Gasteiger partial charge in [0.2, 0.25) is 0 Å². The van der Waals surface area contributed by atoms with Crippen LogP contribution in [0.25, 0.3) is 0 Å². The summed E-state index contributed by atoms with van der Waals surface area (Å²) in [6.45, 7) is 6.76. The monoisotopic (exact) mass is 237 g/mol. The molecule has 2 rings (SSSR count). The van der Waals surface area contributed by atoms with Crippen LogP contribution in [0.1, 0.15) is 31.4 Å². The fourth-order valence-electron chi connectivity index (χ4n) is 2.78. The number of rotatable bonds is 3. The molecule has 0 aliphatic heterocycles. The van der Waals surface area contributed by atoms with Gasteiger partial charge in [-0.05, 0) is 49.5 Å². The summed E-state index contributed by atoms with van der Waals surface area (Å²) in [7, 11) is 0. The molecule has 1 unspecified atom stereocenters. The van der Waals surface area contributed by atoms with Gasteiger partial charge in [0, 0.05) is 11.1 Å². The first-order valence-electron chi connectivity index (χ1n) is 6.26. The lowest BCUT2D eigenvalue weighted by Gasteiger charge is -2.34. The minimum atomic E-state index is 0.683. The molecule has 1 nitrogen and oxygen atoms in total. The van der Waals surface area contributed by atoms with E-state index in [1.807, 2.05) is 6.07 Å². The van der Waals surface area contributed by atoms with Crippen LogP contribution in [0.2, 0.25) is 5.02 Å². The second-order valence-electron chi connectivity index (χ2n) is 4.50. The minimum Gasteiger partial charge on any atom is -0.301 e. The van der Waals surface area contributed by atoms with Crippen molar-refractivity contribution in [3.63, 3.8) is 0 Å². The lowest BCUT2D eigenvalue weighted by molar-refractivity contribution is 0.199. The molecule has 0 aromatic heterocycles. The number of fused-ring (bicyclic) bond motifs is 1. The Kier molecular flexibility index (Phi) is 3.88. The van der Waals surface area contributed by atoms with Gasteiger partial charge in [0.15, 0.2) is 0 Å². The summed E-state index contributed by atoms with van der Waals surface area (Å²) in [4.78, 5) is 2.55. The molecule has 0 bridgehead atoms. The number of hydrogen-bond donors (Lipinski definition) is 0. The van der Waals surface area contributed by atoms with Crippen LogP contribution in [0.15, 0.2) is 18.2 Å². The predicted molar refractivity (Wildman–Crippen MR) is 70.2 cm³/mol. The molecular weight excluding hydrogens is 218 g/mol. The van der Waals surface area contributed by atoms with Gasteiger partial charge in [0.05, 0.1) is 0 Å². The van der Waals surface area contributed by atoms with Crippen molar-refractivity contribution in [3.8, 4) is 0 Å². The summed E-state index contributed by atoms with van der Waals surface area (Å²) in [5.74, 6) is 0. The Morgan fingerprint density at radius 2 is 2.06 bits per heavy atom. The average Bonchev–Trinajstić information content (AvgIpc) is 2.32. The molecule has 0 fully saturated rings. The molecular formula is C14H20ClN. The highest BCUT2D eigenvalue weighted by atomic mass is 35.5. The van der Waals surface area contributed by atoms with Gasteiger partial charge in [0.25, 0.3) is 0 Å². The smallest absolute Gasteiger partial charge is 0.0441 e. The number of halogens is 1. The van der Waals surface area contributed by atoms with E-state index in [0.29, 0.717) is 6.04 Å². The van der Waals surface area contributed by atoms with Crippen LogP contribution < -0.4 is 0 Å². The van der Waals surface area contributed by atoms with Crippen molar-refractivity contribution in [1.82, 2.24) is 4.90 Å². The van der Waals surface area contributed by atoms with Crippen LogP contribution in [0.5, 0.6) is 0 Å². The summed E-state index contributed by atoms with van der Waals surface area (Å²) in [5.41, 5.74) is 2.84. The van der Waals surface area contributed by atoms with Crippen LogP contribution in [-0.4, -0.2) is 24.0 Å². The molecule has 0 saturated carbocycles. The Hall–Kier alpha value is -0.530. The standard InChI is InChI=1S/C14H20ClN/c1-3-16(4-2)12-9-8-11-6-5-7-14(15)13(11)10-12/h5-7,12H,3-4,8-10H2,1-2H3. The highest BCUT2D eigenvalue weighted by Crippen LogP contribution is 2.29. The molecule has 0 radical (unpaired) electrons. The van der Waals surface area contributed by atoms with E-state index in [1.54, 1.807) is 0 Å². The summed E-state index contributed by atoms with van der Waals surface area (Å²) in [6, 6.07) is 6.99. The highest BCUT2D eigenvalue weighted by Gasteiger charge is 2.23. The maximum atomic E-state index is 6.28. The third kappa shape index (κ3) is 2.26. The fraction of sp³-hybridized carbons (Fsp3) is 0.571. The lowest BCUT2D eigenvalue weighted by atomic mass is 9.87. The van der Waals surface area contributed by atoms with Gasteiger partial charge in [-0.2, -0.15) is 0 Å². The van der Waals surface area contributed by atoms with Crippen molar-refractivity contribution in [2.45, 2.75) is 39.2 Å². The maximum absolute atomic E-state index is 6.28. The van der Waals surface area contributed by atoms with E-state index in [-0.39, 0.29) is 0 Å². The first-order valence-corrected chi connectivity index (χ1v) is 6.64. The molecule has 0 heterocycles. The van der Waals surface area contributed by atoms with Gasteiger partial charge in [0.1, 0.15) is 0 Å². The van der Waals surface area contributed by atoms with Crippen molar-refractivity contribution < 1.29 is 0 Å². The first-order chi connectivity index (χ1) is 7.76.